The molecule has 3 rings (SSSR count). The summed E-state index contributed by atoms with van der Waals surface area (Å²) in [6, 6.07) is 4.83. The maximum atomic E-state index is 11.8. The highest BCUT2D eigenvalue weighted by atomic mass is 35.5. The molecule has 1 aliphatic rings. The first-order valence-corrected chi connectivity index (χ1v) is 5.69. The van der Waals surface area contributed by atoms with E-state index in [4.69, 9.17) is 11.6 Å². The second-order valence-electron chi connectivity index (χ2n) is 4.20. The molecule has 1 aliphatic heterocycles. The van der Waals surface area contributed by atoms with Crippen LogP contribution in [0.4, 0.5) is 0 Å². The molecular formula is C13H8ClNO3. The minimum atomic E-state index is -0.473. The van der Waals surface area contributed by atoms with E-state index in [0.29, 0.717) is 26.9 Å². The van der Waals surface area contributed by atoms with E-state index < -0.39 is 11.8 Å². The van der Waals surface area contributed by atoms with Crippen molar-refractivity contribution in [3.05, 3.63) is 39.9 Å². The van der Waals surface area contributed by atoms with Gasteiger partial charge in [0.15, 0.2) is 0 Å². The number of amides is 2. The first kappa shape index (κ1) is 11.0. The van der Waals surface area contributed by atoms with Crippen molar-refractivity contribution in [2.45, 2.75) is 6.92 Å². The number of halogens is 1. The second-order valence-corrected chi connectivity index (χ2v) is 4.63. The fourth-order valence-electron chi connectivity index (χ4n) is 2.32. The fraction of sp³-hybridized carbons (Fsp3) is 0.0769. The van der Waals surface area contributed by atoms with Crippen LogP contribution in [0.15, 0.2) is 18.2 Å². The molecule has 18 heavy (non-hydrogen) atoms. The Hall–Kier alpha value is -2.07. The van der Waals surface area contributed by atoms with Gasteiger partial charge in [0, 0.05) is 16.0 Å². The van der Waals surface area contributed by atoms with Crippen molar-refractivity contribution in [2.24, 2.45) is 0 Å². The maximum Gasteiger partial charge on any atom is 0.259 e. The Morgan fingerprint density at radius 2 is 1.78 bits per heavy atom. The predicted octanol–water partition coefficient (Wildman–Crippen LogP) is 2.39. The van der Waals surface area contributed by atoms with Crippen molar-refractivity contribution < 1.29 is 14.7 Å². The molecule has 2 aromatic carbocycles. The third kappa shape index (κ3) is 1.26. The lowest BCUT2D eigenvalue weighted by Gasteiger charge is -2.09. The van der Waals surface area contributed by atoms with Crippen molar-refractivity contribution in [3.8, 4) is 5.75 Å². The molecule has 1 heterocycles. The summed E-state index contributed by atoms with van der Waals surface area (Å²) in [5.74, 6) is -0.929. The quantitative estimate of drug-likeness (QED) is 0.716. The van der Waals surface area contributed by atoms with E-state index in [9.17, 15) is 14.7 Å². The van der Waals surface area contributed by atoms with Crippen LogP contribution in [-0.4, -0.2) is 16.9 Å². The van der Waals surface area contributed by atoms with Crippen molar-refractivity contribution in [1.82, 2.24) is 5.32 Å². The molecule has 2 amide bonds. The number of aromatic hydroxyl groups is 1. The molecule has 0 atom stereocenters. The molecule has 4 nitrogen and oxygen atoms in total. The van der Waals surface area contributed by atoms with Crippen molar-refractivity contribution in [1.29, 1.82) is 0 Å². The summed E-state index contributed by atoms with van der Waals surface area (Å²) in [5, 5.41) is 13.8. The third-order valence-corrected chi connectivity index (χ3v) is 3.40. The van der Waals surface area contributed by atoms with Gasteiger partial charge in [0.05, 0.1) is 11.1 Å². The van der Waals surface area contributed by atoms with Crippen LogP contribution in [0, 0.1) is 6.92 Å². The Labute approximate surface area is 107 Å². The summed E-state index contributed by atoms with van der Waals surface area (Å²) >= 11 is 5.88. The molecule has 0 aromatic heterocycles. The Morgan fingerprint density at radius 1 is 1.11 bits per heavy atom. The zero-order chi connectivity index (χ0) is 13.0. The SMILES string of the molecule is Cc1c2c(c3ccc(Cl)cc3c1O)C(=O)NC2=O. The van der Waals surface area contributed by atoms with Crippen LogP contribution in [0.1, 0.15) is 26.3 Å². The molecule has 0 saturated heterocycles. The molecule has 0 spiro atoms. The van der Waals surface area contributed by atoms with Gasteiger partial charge in [-0.05, 0) is 24.4 Å². The number of phenolic OH excluding ortho intramolecular Hbond substituents is 1. The zero-order valence-corrected chi connectivity index (χ0v) is 10.1. The van der Waals surface area contributed by atoms with Gasteiger partial charge in [-0.3, -0.25) is 14.9 Å². The Kier molecular flexibility index (Phi) is 2.12. The highest BCUT2D eigenvalue weighted by Crippen LogP contribution is 2.38. The van der Waals surface area contributed by atoms with Gasteiger partial charge in [0.2, 0.25) is 0 Å². The second kappa shape index (κ2) is 3.46. The number of fused-ring (bicyclic) bond motifs is 3. The van der Waals surface area contributed by atoms with E-state index in [1.165, 1.54) is 0 Å². The van der Waals surface area contributed by atoms with Gasteiger partial charge in [-0.2, -0.15) is 0 Å². The molecule has 90 valence electrons. The number of nitrogens with one attached hydrogen (secondary N) is 1. The summed E-state index contributed by atoms with van der Waals surface area (Å²) in [7, 11) is 0. The number of carbonyl (C=O) groups is 2. The standard InChI is InChI=1S/C13H8ClNO3/c1-5-9-10(13(18)15-12(9)17)7-3-2-6(14)4-8(7)11(5)16/h2-4,16H,1H3,(H,15,17,18). The summed E-state index contributed by atoms with van der Waals surface area (Å²) < 4.78 is 0. The highest BCUT2D eigenvalue weighted by molar-refractivity contribution is 6.32. The molecular weight excluding hydrogens is 254 g/mol. The fourth-order valence-corrected chi connectivity index (χ4v) is 2.49. The van der Waals surface area contributed by atoms with E-state index >= 15 is 0 Å². The average Bonchev–Trinajstić information content (AvgIpc) is 2.62. The molecule has 0 fully saturated rings. The highest BCUT2D eigenvalue weighted by Gasteiger charge is 2.32. The minimum absolute atomic E-state index is 0.0175. The summed E-state index contributed by atoms with van der Waals surface area (Å²) in [5.41, 5.74) is 0.942. The van der Waals surface area contributed by atoms with Gasteiger partial charge in [0.25, 0.3) is 11.8 Å². The van der Waals surface area contributed by atoms with E-state index in [-0.39, 0.29) is 11.3 Å². The number of carbonyl (C=O) groups excluding carboxylic acids is 2. The smallest absolute Gasteiger partial charge is 0.259 e. The Bertz CT molecular complexity index is 737. The van der Waals surface area contributed by atoms with Crippen LogP contribution in [0.3, 0.4) is 0 Å². The van der Waals surface area contributed by atoms with Gasteiger partial charge >= 0.3 is 0 Å². The van der Waals surface area contributed by atoms with Gasteiger partial charge in [0.1, 0.15) is 5.75 Å². The lowest BCUT2D eigenvalue weighted by molar-refractivity contribution is 0.0880. The number of phenols is 1. The maximum absolute atomic E-state index is 11.8. The van der Waals surface area contributed by atoms with Gasteiger partial charge in [-0.15, -0.1) is 0 Å². The van der Waals surface area contributed by atoms with Gasteiger partial charge < -0.3 is 5.11 Å². The average molecular weight is 262 g/mol. The molecule has 0 radical (unpaired) electrons. The number of hydrogen-bond acceptors (Lipinski definition) is 3. The van der Waals surface area contributed by atoms with Crippen LogP contribution in [0.5, 0.6) is 5.75 Å². The Balaban J connectivity index is 2.57. The van der Waals surface area contributed by atoms with Crippen LogP contribution in [0.2, 0.25) is 5.02 Å². The van der Waals surface area contributed by atoms with E-state index in [1.807, 2.05) is 0 Å². The van der Waals surface area contributed by atoms with Crippen LogP contribution in [-0.2, 0) is 0 Å². The predicted molar refractivity (Wildman–Crippen MR) is 67.2 cm³/mol. The van der Waals surface area contributed by atoms with Crippen molar-refractivity contribution in [3.63, 3.8) is 0 Å². The van der Waals surface area contributed by atoms with Gasteiger partial charge in [-0.25, -0.2) is 0 Å². The molecule has 5 heteroatoms. The number of benzene rings is 2. The van der Waals surface area contributed by atoms with E-state index in [1.54, 1.807) is 25.1 Å². The first-order chi connectivity index (χ1) is 8.50. The largest absolute Gasteiger partial charge is 0.507 e. The minimum Gasteiger partial charge on any atom is -0.507 e. The monoisotopic (exact) mass is 261 g/mol. The normalized spacial score (nSPS) is 13.9. The summed E-state index contributed by atoms with van der Waals surface area (Å²) in [6.45, 7) is 1.60. The summed E-state index contributed by atoms with van der Waals surface area (Å²) in [4.78, 5) is 23.5. The Morgan fingerprint density at radius 3 is 2.50 bits per heavy atom. The number of hydrogen-bond donors (Lipinski definition) is 2. The molecule has 0 unspecified atom stereocenters. The third-order valence-electron chi connectivity index (χ3n) is 3.17. The number of imide groups is 1. The topological polar surface area (TPSA) is 66.4 Å². The van der Waals surface area contributed by atoms with Crippen LogP contribution in [0.25, 0.3) is 10.8 Å². The van der Waals surface area contributed by atoms with E-state index in [2.05, 4.69) is 5.32 Å². The van der Waals surface area contributed by atoms with Crippen molar-refractivity contribution >= 4 is 34.2 Å². The zero-order valence-electron chi connectivity index (χ0n) is 9.37. The van der Waals surface area contributed by atoms with Crippen molar-refractivity contribution in [2.75, 3.05) is 0 Å². The summed E-state index contributed by atoms with van der Waals surface area (Å²) in [6.07, 6.45) is 0. The number of rotatable bonds is 0. The lowest BCUT2D eigenvalue weighted by atomic mass is 9.95. The molecule has 0 saturated carbocycles. The van der Waals surface area contributed by atoms with E-state index in [0.717, 1.165) is 0 Å². The van der Waals surface area contributed by atoms with Crippen LogP contribution >= 0.6 is 11.6 Å². The molecule has 0 aliphatic carbocycles. The van der Waals surface area contributed by atoms with Gasteiger partial charge in [-0.1, -0.05) is 17.7 Å². The molecule has 2 N–H and O–H groups in total. The van der Waals surface area contributed by atoms with Crippen LogP contribution < -0.4 is 5.32 Å². The molecule has 2 aromatic rings. The lowest BCUT2D eigenvalue weighted by Crippen LogP contribution is -2.20. The first-order valence-electron chi connectivity index (χ1n) is 5.31. The molecule has 0 bridgehead atoms.